The molecule has 2 heteroatoms. The first-order valence-electron chi connectivity index (χ1n) is 6.54. The first-order valence-corrected chi connectivity index (χ1v) is 6.54. The van der Waals surface area contributed by atoms with Crippen molar-refractivity contribution < 1.29 is 9.53 Å². The fourth-order valence-corrected chi connectivity index (χ4v) is 2.90. The van der Waals surface area contributed by atoms with Crippen molar-refractivity contribution in [3.63, 3.8) is 0 Å². The van der Waals surface area contributed by atoms with E-state index in [1.807, 2.05) is 19.9 Å². The molecule has 0 aromatic heterocycles. The molecule has 2 aliphatic rings. The van der Waals surface area contributed by atoms with Gasteiger partial charge in [-0.2, -0.15) is 0 Å². The minimum atomic E-state index is -0.364. The molecule has 0 saturated heterocycles. The van der Waals surface area contributed by atoms with Gasteiger partial charge in [0.05, 0.1) is 5.92 Å². The van der Waals surface area contributed by atoms with Gasteiger partial charge in [0.2, 0.25) is 0 Å². The summed E-state index contributed by atoms with van der Waals surface area (Å²) < 4.78 is 5.66. The Balaban J connectivity index is 1.88. The lowest BCUT2D eigenvalue weighted by Gasteiger charge is -2.28. The van der Waals surface area contributed by atoms with Gasteiger partial charge < -0.3 is 4.74 Å². The van der Waals surface area contributed by atoms with Gasteiger partial charge in [-0.25, -0.2) is 0 Å². The van der Waals surface area contributed by atoms with Crippen LogP contribution in [0.4, 0.5) is 0 Å². The van der Waals surface area contributed by atoms with E-state index >= 15 is 0 Å². The fraction of sp³-hybridized carbons (Fsp3) is 0.667. The van der Waals surface area contributed by atoms with E-state index in [0.29, 0.717) is 11.8 Å². The van der Waals surface area contributed by atoms with Crippen LogP contribution in [-0.4, -0.2) is 11.6 Å². The van der Waals surface area contributed by atoms with Crippen molar-refractivity contribution >= 4 is 5.97 Å². The van der Waals surface area contributed by atoms with Gasteiger partial charge in [-0.15, -0.1) is 6.58 Å². The molecule has 1 saturated carbocycles. The maximum Gasteiger partial charge on any atom is 0.310 e. The van der Waals surface area contributed by atoms with Crippen molar-refractivity contribution in [1.82, 2.24) is 0 Å². The van der Waals surface area contributed by atoms with Crippen molar-refractivity contribution in [3.05, 3.63) is 24.8 Å². The molecule has 1 fully saturated rings. The molecule has 3 unspecified atom stereocenters. The maximum atomic E-state index is 12.1. The Morgan fingerprint density at radius 2 is 2.24 bits per heavy atom. The maximum absolute atomic E-state index is 12.1. The van der Waals surface area contributed by atoms with Gasteiger partial charge in [-0.05, 0) is 51.4 Å². The Morgan fingerprint density at radius 3 is 2.76 bits per heavy atom. The number of hydrogen-bond donors (Lipinski definition) is 0. The monoisotopic (exact) mass is 234 g/mol. The van der Waals surface area contributed by atoms with Gasteiger partial charge in [-0.1, -0.05) is 18.2 Å². The standard InChI is InChI=1S/C15H22O2/c1-4-5-8-15(2,3)17-14(16)13-10-11-6-7-12(13)9-11/h4,6-7,11-13H,1,5,8-10H2,2-3H3. The van der Waals surface area contributed by atoms with Gasteiger partial charge >= 0.3 is 5.97 Å². The summed E-state index contributed by atoms with van der Waals surface area (Å²) in [7, 11) is 0. The molecule has 0 radical (unpaired) electrons. The molecule has 2 bridgehead atoms. The second-order valence-corrected chi connectivity index (χ2v) is 5.89. The number of hydrogen-bond acceptors (Lipinski definition) is 2. The molecule has 0 aromatic rings. The van der Waals surface area contributed by atoms with E-state index in [1.165, 1.54) is 0 Å². The predicted molar refractivity (Wildman–Crippen MR) is 68.4 cm³/mol. The highest BCUT2D eigenvalue weighted by Gasteiger charge is 2.42. The summed E-state index contributed by atoms with van der Waals surface area (Å²) in [6.07, 6.45) is 10.2. The van der Waals surface area contributed by atoms with E-state index in [4.69, 9.17) is 4.74 Å². The molecule has 0 aromatic carbocycles. The predicted octanol–water partition coefficient (Wildman–Crippen LogP) is 3.49. The average molecular weight is 234 g/mol. The SMILES string of the molecule is C=CCCC(C)(C)OC(=O)C1CC2C=CC1C2. The van der Waals surface area contributed by atoms with Gasteiger partial charge in [0.25, 0.3) is 0 Å². The Kier molecular flexibility index (Phi) is 3.41. The first kappa shape index (κ1) is 12.4. The Bertz CT molecular complexity index is 341. The summed E-state index contributed by atoms with van der Waals surface area (Å²) in [5.41, 5.74) is -0.364. The fourth-order valence-electron chi connectivity index (χ4n) is 2.90. The molecule has 17 heavy (non-hydrogen) atoms. The molecule has 2 aliphatic carbocycles. The Hall–Kier alpha value is -1.05. The molecule has 0 N–H and O–H groups in total. The van der Waals surface area contributed by atoms with Crippen molar-refractivity contribution in [2.45, 2.75) is 45.1 Å². The van der Waals surface area contributed by atoms with Gasteiger partial charge in [0, 0.05) is 0 Å². The molecule has 0 amide bonds. The van der Waals surface area contributed by atoms with E-state index < -0.39 is 0 Å². The molecule has 2 nitrogen and oxygen atoms in total. The van der Waals surface area contributed by atoms with Crippen LogP contribution in [0.3, 0.4) is 0 Å². The van der Waals surface area contributed by atoms with Crippen LogP contribution in [-0.2, 0) is 9.53 Å². The van der Waals surface area contributed by atoms with E-state index in [9.17, 15) is 4.79 Å². The molecule has 3 atom stereocenters. The smallest absolute Gasteiger partial charge is 0.310 e. The van der Waals surface area contributed by atoms with Gasteiger partial charge in [0.1, 0.15) is 5.60 Å². The minimum Gasteiger partial charge on any atom is -0.459 e. The summed E-state index contributed by atoms with van der Waals surface area (Å²) in [5.74, 6) is 1.15. The van der Waals surface area contributed by atoms with Crippen LogP contribution in [0, 0.1) is 17.8 Å². The highest BCUT2D eigenvalue weighted by atomic mass is 16.6. The lowest BCUT2D eigenvalue weighted by Crippen LogP contribution is -2.32. The molecule has 0 aliphatic heterocycles. The third kappa shape index (κ3) is 2.80. The van der Waals surface area contributed by atoms with Crippen molar-refractivity contribution in [2.24, 2.45) is 17.8 Å². The zero-order chi connectivity index (χ0) is 12.5. The zero-order valence-corrected chi connectivity index (χ0v) is 10.8. The number of esters is 1. The number of carbonyl (C=O) groups is 1. The topological polar surface area (TPSA) is 26.3 Å². The lowest BCUT2D eigenvalue weighted by atomic mass is 9.93. The van der Waals surface area contributed by atoms with Crippen molar-refractivity contribution in [1.29, 1.82) is 0 Å². The molecular formula is C15H22O2. The van der Waals surface area contributed by atoms with Gasteiger partial charge in [0.15, 0.2) is 0 Å². The van der Waals surface area contributed by atoms with Crippen molar-refractivity contribution in [3.8, 4) is 0 Å². The van der Waals surface area contributed by atoms with Crippen LogP contribution in [0.15, 0.2) is 24.8 Å². The number of allylic oxidation sites excluding steroid dienone is 3. The van der Waals surface area contributed by atoms with E-state index in [2.05, 4.69) is 18.7 Å². The van der Waals surface area contributed by atoms with Crippen LogP contribution >= 0.6 is 0 Å². The summed E-state index contributed by atoms with van der Waals surface area (Å²) in [6.45, 7) is 7.67. The second-order valence-electron chi connectivity index (χ2n) is 5.89. The van der Waals surface area contributed by atoms with Crippen LogP contribution in [0.1, 0.15) is 39.5 Å². The number of carbonyl (C=O) groups excluding carboxylic acids is 1. The summed E-state index contributed by atoms with van der Waals surface area (Å²) in [4.78, 5) is 12.1. The summed E-state index contributed by atoms with van der Waals surface area (Å²) >= 11 is 0. The van der Waals surface area contributed by atoms with Gasteiger partial charge in [-0.3, -0.25) is 4.79 Å². The van der Waals surface area contributed by atoms with Crippen LogP contribution in [0.5, 0.6) is 0 Å². The molecular weight excluding hydrogens is 212 g/mol. The minimum absolute atomic E-state index is 0.00378. The normalized spacial score (nSPS) is 30.6. The number of rotatable bonds is 5. The second kappa shape index (κ2) is 4.67. The summed E-state index contributed by atoms with van der Waals surface area (Å²) in [6, 6.07) is 0. The summed E-state index contributed by atoms with van der Waals surface area (Å²) in [5, 5.41) is 0. The van der Waals surface area contributed by atoms with Crippen LogP contribution < -0.4 is 0 Å². The average Bonchev–Trinajstić information content (AvgIpc) is 2.87. The largest absolute Gasteiger partial charge is 0.459 e. The first-order chi connectivity index (χ1) is 8.02. The zero-order valence-electron chi connectivity index (χ0n) is 10.8. The van der Waals surface area contributed by atoms with E-state index in [-0.39, 0.29) is 17.5 Å². The quantitative estimate of drug-likeness (QED) is 0.537. The Labute approximate surface area is 104 Å². The molecule has 0 spiro atoms. The molecule has 0 heterocycles. The number of fused-ring (bicyclic) bond motifs is 2. The van der Waals surface area contributed by atoms with Crippen molar-refractivity contribution in [2.75, 3.05) is 0 Å². The highest BCUT2D eigenvalue weighted by molar-refractivity contribution is 5.74. The molecule has 94 valence electrons. The van der Waals surface area contributed by atoms with Crippen LogP contribution in [0.2, 0.25) is 0 Å². The highest BCUT2D eigenvalue weighted by Crippen LogP contribution is 2.44. The number of ether oxygens (including phenoxy) is 1. The Morgan fingerprint density at radius 1 is 1.47 bits per heavy atom. The third-order valence-corrected chi connectivity index (χ3v) is 3.91. The third-order valence-electron chi connectivity index (χ3n) is 3.91. The van der Waals surface area contributed by atoms with E-state index in [1.54, 1.807) is 0 Å². The van der Waals surface area contributed by atoms with E-state index in [0.717, 1.165) is 25.7 Å². The lowest BCUT2D eigenvalue weighted by molar-refractivity contribution is -0.163. The molecule has 2 rings (SSSR count). The van der Waals surface area contributed by atoms with Crippen LogP contribution in [0.25, 0.3) is 0 Å².